The first-order chi connectivity index (χ1) is 5.77. The van der Waals surface area contributed by atoms with Gasteiger partial charge in [0.1, 0.15) is 0 Å². The first kappa shape index (κ1) is 10.6. The number of halogens is 1. The molecule has 0 radical (unpaired) electrons. The van der Waals surface area contributed by atoms with E-state index in [1.165, 1.54) is 24.0 Å². The summed E-state index contributed by atoms with van der Waals surface area (Å²) in [6.45, 7) is 2.03. The maximum Gasteiger partial charge on any atom is 0.0266 e. The van der Waals surface area contributed by atoms with E-state index in [0.29, 0.717) is 0 Å². The van der Waals surface area contributed by atoms with Gasteiger partial charge in [-0.05, 0) is 36.8 Å². The van der Waals surface area contributed by atoms with Gasteiger partial charge in [0.2, 0.25) is 0 Å². The maximum absolute atomic E-state index is 5.80. The summed E-state index contributed by atoms with van der Waals surface area (Å²) in [5.74, 6) is 0.837. The van der Waals surface area contributed by atoms with Crippen molar-refractivity contribution in [3.05, 3.63) is 35.4 Å². The van der Waals surface area contributed by atoms with Crippen molar-refractivity contribution in [1.29, 1.82) is 0 Å². The minimum absolute atomic E-state index is 0. The van der Waals surface area contributed by atoms with Gasteiger partial charge in [0, 0.05) is 6.04 Å². The molecule has 2 N–H and O–H groups in total. The largest absolute Gasteiger partial charge is 0.324 e. The lowest BCUT2D eigenvalue weighted by Gasteiger charge is -2.06. The van der Waals surface area contributed by atoms with Crippen LogP contribution in [-0.2, 0) is 0 Å². The standard InChI is InChI=1S/C11H15N.ClH/c1-8(12)10-3-2-4-11(7-10)9-5-6-9;/h2-4,7-9H,5-6,12H2,1H3;1H. The van der Waals surface area contributed by atoms with Crippen LogP contribution in [0.15, 0.2) is 24.3 Å². The summed E-state index contributed by atoms with van der Waals surface area (Å²) < 4.78 is 0. The second-order valence-electron chi connectivity index (χ2n) is 3.73. The van der Waals surface area contributed by atoms with Crippen LogP contribution in [-0.4, -0.2) is 0 Å². The molecule has 0 heterocycles. The Labute approximate surface area is 85.7 Å². The average Bonchev–Trinajstić information content (AvgIpc) is 2.87. The highest BCUT2D eigenvalue weighted by Crippen LogP contribution is 2.40. The summed E-state index contributed by atoms with van der Waals surface area (Å²) >= 11 is 0. The number of hydrogen-bond acceptors (Lipinski definition) is 1. The van der Waals surface area contributed by atoms with Gasteiger partial charge in [-0.15, -0.1) is 12.4 Å². The average molecular weight is 198 g/mol. The molecule has 0 amide bonds. The first-order valence-corrected chi connectivity index (χ1v) is 4.63. The van der Waals surface area contributed by atoms with Crippen molar-refractivity contribution in [3.63, 3.8) is 0 Å². The van der Waals surface area contributed by atoms with Crippen LogP contribution in [0.4, 0.5) is 0 Å². The Morgan fingerprint density at radius 3 is 2.62 bits per heavy atom. The van der Waals surface area contributed by atoms with E-state index in [1.54, 1.807) is 0 Å². The van der Waals surface area contributed by atoms with Gasteiger partial charge in [-0.25, -0.2) is 0 Å². The zero-order valence-electron chi connectivity index (χ0n) is 7.86. The highest BCUT2D eigenvalue weighted by Gasteiger charge is 2.23. The molecular weight excluding hydrogens is 182 g/mol. The van der Waals surface area contributed by atoms with Crippen LogP contribution in [0.3, 0.4) is 0 Å². The van der Waals surface area contributed by atoms with E-state index >= 15 is 0 Å². The molecule has 0 spiro atoms. The van der Waals surface area contributed by atoms with Crippen molar-refractivity contribution >= 4 is 12.4 Å². The molecule has 1 aliphatic rings. The summed E-state index contributed by atoms with van der Waals surface area (Å²) in [5.41, 5.74) is 8.54. The van der Waals surface area contributed by atoms with Crippen molar-refractivity contribution in [2.45, 2.75) is 31.7 Å². The zero-order chi connectivity index (χ0) is 8.55. The Bertz CT molecular complexity index is 262. The van der Waals surface area contributed by atoms with Crippen molar-refractivity contribution in [1.82, 2.24) is 0 Å². The molecular formula is C11H16ClN. The van der Waals surface area contributed by atoms with E-state index in [1.807, 2.05) is 6.92 Å². The van der Waals surface area contributed by atoms with Gasteiger partial charge < -0.3 is 5.73 Å². The van der Waals surface area contributed by atoms with Crippen LogP contribution in [0.25, 0.3) is 0 Å². The van der Waals surface area contributed by atoms with Gasteiger partial charge in [0.05, 0.1) is 0 Å². The second-order valence-corrected chi connectivity index (χ2v) is 3.73. The van der Waals surface area contributed by atoms with Gasteiger partial charge in [-0.3, -0.25) is 0 Å². The Morgan fingerprint density at radius 1 is 1.38 bits per heavy atom. The van der Waals surface area contributed by atoms with E-state index in [4.69, 9.17) is 5.73 Å². The lowest BCUT2D eigenvalue weighted by atomic mass is 10.0. The van der Waals surface area contributed by atoms with Gasteiger partial charge >= 0.3 is 0 Å². The van der Waals surface area contributed by atoms with Crippen LogP contribution in [0.5, 0.6) is 0 Å². The summed E-state index contributed by atoms with van der Waals surface area (Å²) in [5, 5.41) is 0. The van der Waals surface area contributed by atoms with E-state index in [9.17, 15) is 0 Å². The topological polar surface area (TPSA) is 26.0 Å². The quantitative estimate of drug-likeness (QED) is 0.775. The van der Waals surface area contributed by atoms with Gasteiger partial charge in [-0.1, -0.05) is 24.3 Å². The van der Waals surface area contributed by atoms with Crippen molar-refractivity contribution in [2.75, 3.05) is 0 Å². The molecule has 1 saturated carbocycles. The minimum atomic E-state index is 0. The SMILES string of the molecule is CC(N)c1cccc(C2CC2)c1.Cl. The molecule has 1 aromatic carbocycles. The van der Waals surface area contributed by atoms with Crippen LogP contribution in [0.1, 0.15) is 42.9 Å². The monoisotopic (exact) mass is 197 g/mol. The third-order valence-corrected chi connectivity index (χ3v) is 2.49. The molecule has 1 unspecified atom stereocenters. The zero-order valence-corrected chi connectivity index (χ0v) is 8.68. The van der Waals surface area contributed by atoms with Crippen molar-refractivity contribution < 1.29 is 0 Å². The molecule has 1 atom stereocenters. The molecule has 0 saturated heterocycles. The third kappa shape index (κ3) is 2.45. The van der Waals surface area contributed by atoms with E-state index in [-0.39, 0.29) is 18.4 Å². The summed E-state index contributed by atoms with van der Waals surface area (Å²) in [6, 6.07) is 8.86. The molecule has 2 rings (SSSR count). The van der Waals surface area contributed by atoms with Gasteiger partial charge in [0.15, 0.2) is 0 Å². The number of rotatable bonds is 2. The molecule has 2 heteroatoms. The predicted octanol–water partition coefficient (Wildman–Crippen LogP) is 3.01. The van der Waals surface area contributed by atoms with Gasteiger partial charge in [0.25, 0.3) is 0 Å². The Hall–Kier alpha value is -0.530. The summed E-state index contributed by atoms with van der Waals surface area (Å²) in [6.07, 6.45) is 2.73. The molecule has 1 nitrogen and oxygen atoms in total. The Kier molecular flexibility index (Phi) is 3.34. The van der Waals surface area contributed by atoms with Gasteiger partial charge in [-0.2, -0.15) is 0 Å². The van der Waals surface area contributed by atoms with Crippen molar-refractivity contribution in [3.8, 4) is 0 Å². The fraction of sp³-hybridized carbons (Fsp3) is 0.455. The van der Waals surface area contributed by atoms with E-state index < -0.39 is 0 Å². The second kappa shape index (κ2) is 4.12. The molecule has 1 aromatic rings. The van der Waals surface area contributed by atoms with E-state index in [2.05, 4.69) is 24.3 Å². The number of nitrogens with two attached hydrogens (primary N) is 1. The fourth-order valence-electron chi connectivity index (χ4n) is 1.51. The molecule has 0 bridgehead atoms. The smallest absolute Gasteiger partial charge is 0.0266 e. The number of hydrogen-bond donors (Lipinski definition) is 1. The number of benzene rings is 1. The first-order valence-electron chi connectivity index (χ1n) is 4.63. The van der Waals surface area contributed by atoms with Crippen LogP contribution < -0.4 is 5.73 Å². The van der Waals surface area contributed by atoms with Crippen LogP contribution in [0, 0.1) is 0 Å². The third-order valence-electron chi connectivity index (χ3n) is 2.49. The van der Waals surface area contributed by atoms with Crippen LogP contribution >= 0.6 is 12.4 Å². The van der Waals surface area contributed by atoms with Crippen LogP contribution in [0.2, 0.25) is 0 Å². The fourth-order valence-corrected chi connectivity index (χ4v) is 1.51. The molecule has 0 aromatic heterocycles. The predicted molar refractivity (Wildman–Crippen MR) is 58.3 cm³/mol. The Balaban J connectivity index is 0.000000845. The molecule has 0 aliphatic heterocycles. The normalized spacial score (nSPS) is 17.7. The maximum atomic E-state index is 5.80. The summed E-state index contributed by atoms with van der Waals surface area (Å²) in [4.78, 5) is 0. The highest BCUT2D eigenvalue weighted by atomic mass is 35.5. The molecule has 13 heavy (non-hydrogen) atoms. The summed E-state index contributed by atoms with van der Waals surface area (Å²) in [7, 11) is 0. The lowest BCUT2D eigenvalue weighted by molar-refractivity contribution is 0.815. The molecule has 1 fully saturated rings. The molecule has 1 aliphatic carbocycles. The van der Waals surface area contributed by atoms with Crippen molar-refractivity contribution in [2.24, 2.45) is 5.73 Å². The highest BCUT2D eigenvalue weighted by molar-refractivity contribution is 5.85. The van der Waals surface area contributed by atoms with E-state index in [0.717, 1.165) is 5.92 Å². The lowest BCUT2D eigenvalue weighted by Crippen LogP contribution is -2.04. The molecule has 72 valence electrons. The Morgan fingerprint density at radius 2 is 2.08 bits per heavy atom. The minimum Gasteiger partial charge on any atom is -0.324 e.